The Balaban J connectivity index is 0.00000121. The molecule has 1 aliphatic rings. The Hall–Kier alpha value is -1.85. The normalized spacial score (nSPS) is 14.2. The van der Waals surface area contributed by atoms with Crippen LogP contribution in [0.2, 0.25) is 0 Å². The van der Waals surface area contributed by atoms with Crippen LogP contribution in [0.4, 0.5) is 4.39 Å². The van der Waals surface area contributed by atoms with Gasteiger partial charge in [0.05, 0.1) is 0 Å². The molecule has 0 saturated heterocycles. The van der Waals surface area contributed by atoms with E-state index in [9.17, 15) is 4.39 Å². The van der Waals surface area contributed by atoms with Gasteiger partial charge in [-0.3, -0.25) is 0 Å². The number of hydrogen-bond donors (Lipinski definition) is 2. The minimum Gasteiger partial charge on any atom is -0.490 e. The van der Waals surface area contributed by atoms with Crippen molar-refractivity contribution in [3.05, 3.63) is 59.4 Å². The average molecular weight is 276 g/mol. The number of rotatable bonds is 3. The third-order valence-corrected chi connectivity index (χ3v) is 3.57. The van der Waals surface area contributed by atoms with Crippen LogP contribution in [0.3, 0.4) is 0 Å². The van der Waals surface area contributed by atoms with Crippen LogP contribution in [0.1, 0.15) is 14.0 Å². The summed E-state index contributed by atoms with van der Waals surface area (Å²) in [5.41, 5.74) is 2.38. The lowest BCUT2D eigenvalue weighted by molar-refractivity contribution is 0.213. The summed E-state index contributed by atoms with van der Waals surface area (Å²) in [6.45, 7) is 0. The highest BCUT2D eigenvalue weighted by molar-refractivity contribution is 6.58. The average Bonchev–Trinajstić information content (AvgIpc) is 2.80. The maximum atomic E-state index is 13.6. The standard InChI is InChI=1S/C15H14BFO3.2H2/c17-15-9-12(5-6-14(15)16(18)19)20-13-7-10-3-1-2-4-11(10)8-13;;/h1-6,9,13,18-19H,7-8H2;2*1H. The summed E-state index contributed by atoms with van der Waals surface area (Å²) in [5.74, 6) is -0.266. The molecule has 0 bridgehead atoms. The van der Waals surface area contributed by atoms with Gasteiger partial charge in [-0.15, -0.1) is 0 Å². The molecule has 0 amide bonds. The van der Waals surface area contributed by atoms with Crippen molar-refractivity contribution in [2.24, 2.45) is 0 Å². The van der Waals surface area contributed by atoms with Crippen LogP contribution in [-0.2, 0) is 12.8 Å². The molecule has 0 atom stereocenters. The number of halogens is 1. The first kappa shape index (κ1) is 13.2. The van der Waals surface area contributed by atoms with Crippen molar-refractivity contribution in [3.8, 4) is 5.75 Å². The molecular formula is C15H18BFO3. The Morgan fingerprint density at radius 2 is 1.75 bits per heavy atom. The van der Waals surface area contributed by atoms with Crippen molar-refractivity contribution in [1.29, 1.82) is 0 Å². The summed E-state index contributed by atoms with van der Waals surface area (Å²) in [7, 11) is -1.81. The van der Waals surface area contributed by atoms with Crippen LogP contribution in [0, 0.1) is 5.82 Å². The smallest absolute Gasteiger partial charge is 0.490 e. The highest BCUT2D eigenvalue weighted by Crippen LogP contribution is 2.25. The van der Waals surface area contributed by atoms with Gasteiger partial charge in [-0.25, -0.2) is 4.39 Å². The third-order valence-electron chi connectivity index (χ3n) is 3.57. The van der Waals surface area contributed by atoms with E-state index >= 15 is 0 Å². The van der Waals surface area contributed by atoms with E-state index in [1.165, 1.54) is 23.3 Å². The van der Waals surface area contributed by atoms with Gasteiger partial charge in [0.1, 0.15) is 17.7 Å². The molecule has 1 aliphatic carbocycles. The van der Waals surface area contributed by atoms with Crippen LogP contribution in [0.5, 0.6) is 5.75 Å². The first-order valence-corrected chi connectivity index (χ1v) is 6.52. The second kappa shape index (κ2) is 5.27. The molecule has 0 fully saturated rings. The van der Waals surface area contributed by atoms with E-state index in [-0.39, 0.29) is 14.4 Å². The van der Waals surface area contributed by atoms with Gasteiger partial charge < -0.3 is 14.8 Å². The lowest BCUT2D eigenvalue weighted by Crippen LogP contribution is -2.32. The number of ether oxygens (including phenoxy) is 1. The van der Waals surface area contributed by atoms with Gasteiger partial charge >= 0.3 is 7.12 Å². The van der Waals surface area contributed by atoms with E-state index in [0.29, 0.717) is 5.75 Å². The van der Waals surface area contributed by atoms with Gasteiger partial charge in [0.25, 0.3) is 0 Å². The van der Waals surface area contributed by atoms with E-state index in [2.05, 4.69) is 12.1 Å². The van der Waals surface area contributed by atoms with Gasteiger partial charge in [-0.2, -0.15) is 0 Å². The topological polar surface area (TPSA) is 49.7 Å². The molecule has 0 spiro atoms. The first-order chi connectivity index (χ1) is 9.63. The molecule has 20 heavy (non-hydrogen) atoms. The second-order valence-electron chi connectivity index (χ2n) is 4.97. The highest BCUT2D eigenvalue weighted by atomic mass is 19.1. The van der Waals surface area contributed by atoms with Gasteiger partial charge in [-0.1, -0.05) is 30.3 Å². The van der Waals surface area contributed by atoms with Crippen LogP contribution in [0.15, 0.2) is 42.5 Å². The quantitative estimate of drug-likeness (QED) is 0.836. The molecule has 2 aromatic carbocycles. The fourth-order valence-electron chi connectivity index (χ4n) is 2.58. The van der Waals surface area contributed by atoms with Gasteiger partial charge in [0.15, 0.2) is 0 Å². The Kier molecular flexibility index (Phi) is 3.46. The molecule has 106 valence electrons. The monoisotopic (exact) mass is 276 g/mol. The molecule has 0 aliphatic heterocycles. The fraction of sp³-hybridized carbons (Fsp3) is 0.200. The molecule has 2 aromatic rings. The molecule has 5 heteroatoms. The molecule has 3 nitrogen and oxygen atoms in total. The Morgan fingerprint density at radius 3 is 2.30 bits per heavy atom. The molecule has 0 aromatic heterocycles. The molecule has 0 heterocycles. The Morgan fingerprint density at radius 1 is 1.10 bits per heavy atom. The Labute approximate surface area is 119 Å². The fourth-order valence-corrected chi connectivity index (χ4v) is 2.58. The summed E-state index contributed by atoms with van der Waals surface area (Å²) in [6.07, 6.45) is 1.61. The van der Waals surface area contributed by atoms with E-state index < -0.39 is 12.9 Å². The summed E-state index contributed by atoms with van der Waals surface area (Å²) in [6, 6.07) is 12.2. The van der Waals surface area contributed by atoms with Crippen molar-refractivity contribution in [3.63, 3.8) is 0 Å². The first-order valence-electron chi connectivity index (χ1n) is 6.52. The lowest BCUT2D eigenvalue weighted by Gasteiger charge is -2.14. The third kappa shape index (κ3) is 2.55. The van der Waals surface area contributed by atoms with E-state index in [1.54, 1.807) is 6.07 Å². The Bertz CT molecular complexity index is 615. The van der Waals surface area contributed by atoms with Crippen molar-refractivity contribution in [2.45, 2.75) is 18.9 Å². The van der Waals surface area contributed by atoms with Crippen LogP contribution >= 0.6 is 0 Å². The van der Waals surface area contributed by atoms with E-state index in [4.69, 9.17) is 14.8 Å². The minimum absolute atomic E-state index is 0. The summed E-state index contributed by atoms with van der Waals surface area (Å²) in [5, 5.41) is 17.9. The van der Waals surface area contributed by atoms with Crippen molar-refractivity contribution >= 4 is 12.6 Å². The maximum absolute atomic E-state index is 13.6. The zero-order chi connectivity index (χ0) is 14.1. The number of benzene rings is 2. The van der Waals surface area contributed by atoms with Gasteiger partial charge in [0.2, 0.25) is 0 Å². The predicted octanol–water partition coefficient (Wildman–Crippen LogP) is 1.54. The summed E-state index contributed by atoms with van der Waals surface area (Å²) >= 11 is 0. The van der Waals surface area contributed by atoms with Crippen LogP contribution in [-0.4, -0.2) is 23.3 Å². The van der Waals surface area contributed by atoms with Crippen molar-refractivity contribution < 1.29 is 22.0 Å². The number of hydrogen-bond acceptors (Lipinski definition) is 3. The van der Waals surface area contributed by atoms with Crippen molar-refractivity contribution in [2.75, 3.05) is 0 Å². The second-order valence-corrected chi connectivity index (χ2v) is 4.97. The molecule has 3 rings (SSSR count). The van der Waals surface area contributed by atoms with Crippen LogP contribution < -0.4 is 10.2 Å². The SMILES string of the molecule is OB(O)c1ccc(OC2Cc3ccccc3C2)cc1F.[HH].[HH]. The summed E-state index contributed by atoms with van der Waals surface area (Å²) < 4.78 is 19.4. The van der Waals surface area contributed by atoms with Gasteiger partial charge in [-0.05, 0) is 17.2 Å². The zero-order valence-electron chi connectivity index (χ0n) is 10.8. The van der Waals surface area contributed by atoms with Crippen LogP contribution in [0.25, 0.3) is 0 Å². The lowest BCUT2D eigenvalue weighted by atomic mass is 9.80. The molecule has 2 N–H and O–H groups in total. The predicted molar refractivity (Wildman–Crippen MR) is 78.7 cm³/mol. The van der Waals surface area contributed by atoms with E-state index in [1.807, 2.05) is 12.1 Å². The summed E-state index contributed by atoms with van der Waals surface area (Å²) in [4.78, 5) is 0. The largest absolute Gasteiger partial charge is 0.491 e. The number of fused-ring (bicyclic) bond motifs is 1. The zero-order valence-corrected chi connectivity index (χ0v) is 10.8. The van der Waals surface area contributed by atoms with Gasteiger partial charge in [0, 0.05) is 27.2 Å². The molecule has 0 radical (unpaired) electrons. The minimum atomic E-state index is -1.81. The van der Waals surface area contributed by atoms with Crippen molar-refractivity contribution in [1.82, 2.24) is 0 Å². The highest BCUT2D eigenvalue weighted by Gasteiger charge is 2.23. The van der Waals surface area contributed by atoms with E-state index in [0.717, 1.165) is 12.8 Å². The maximum Gasteiger partial charge on any atom is 0.491 e. The molecule has 0 saturated carbocycles. The molecular weight excluding hydrogens is 258 g/mol. The molecule has 0 unspecified atom stereocenters.